The lowest BCUT2D eigenvalue weighted by molar-refractivity contribution is 0.101. The number of rotatable bonds is 3. The standard InChI is InChI=1S/C12H11ClN4OS/c1-17-10(4-5-15-17)12(18)16-9-3-2-7(11(14)19)6-8(9)13/h2-6H,1H3,(H2,14,19)(H,16,18). The van der Waals surface area contributed by atoms with Crippen LogP contribution >= 0.6 is 23.8 Å². The number of thiocarbonyl (C=S) groups is 1. The molecular formula is C12H11ClN4OS. The average molecular weight is 295 g/mol. The number of halogens is 1. The topological polar surface area (TPSA) is 72.9 Å². The number of nitrogens with one attached hydrogen (secondary N) is 1. The highest BCUT2D eigenvalue weighted by molar-refractivity contribution is 7.80. The minimum atomic E-state index is -0.287. The van der Waals surface area contributed by atoms with Gasteiger partial charge in [-0.2, -0.15) is 5.10 Å². The van der Waals surface area contributed by atoms with Gasteiger partial charge in [0.05, 0.1) is 10.7 Å². The lowest BCUT2D eigenvalue weighted by Crippen LogP contribution is -2.16. The van der Waals surface area contributed by atoms with Crippen molar-refractivity contribution in [2.75, 3.05) is 5.32 Å². The van der Waals surface area contributed by atoms with Gasteiger partial charge in [0, 0.05) is 18.8 Å². The molecule has 5 nitrogen and oxygen atoms in total. The molecule has 0 aliphatic rings. The smallest absolute Gasteiger partial charge is 0.273 e. The molecule has 1 heterocycles. The average Bonchev–Trinajstić information content (AvgIpc) is 2.77. The fraction of sp³-hybridized carbons (Fsp3) is 0.0833. The van der Waals surface area contributed by atoms with Crippen LogP contribution in [-0.4, -0.2) is 20.7 Å². The maximum Gasteiger partial charge on any atom is 0.273 e. The van der Waals surface area contributed by atoms with Crippen LogP contribution in [0.3, 0.4) is 0 Å². The van der Waals surface area contributed by atoms with Gasteiger partial charge in [-0.25, -0.2) is 0 Å². The molecule has 1 amide bonds. The summed E-state index contributed by atoms with van der Waals surface area (Å²) in [4.78, 5) is 12.2. The first kappa shape index (κ1) is 13.5. The van der Waals surface area contributed by atoms with Crippen LogP contribution in [0.2, 0.25) is 5.02 Å². The summed E-state index contributed by atoms with van der Waals surface area (Å²) < 4.78 is 1.48. The Labute approximate surface area is 120 Å². The number of carbonyl (C=O) groups is 1. The minimum absolute atomic E-state index is 0.256. The van der Waals surface area contributed by atoms with Crippen molar-refractivity contribution in [3.63, 3.8) is 0 Å². The first-order valence-electron chi connectivity index (χ1n) is 5.37. The number of aromatic nitrogens is 2. The van der Waals surface area contributed by atoms with Gasteiger partial charge >= 0.3 is 0 Å². The third kappa shape index (κ3) is 2.91. The van der Waals surface area contributed by atoms with Crippen LogP contribution in [0.1, 0.15) is 16.1 Å². The molecule has 0 unspecified atom stereocenters. The molecule has 0 aliphatic carbocycles. The van der Waals surface area contributed by atoms with E-state index in [2.05, 4.69) is 10.4 Å². The molecule has 0 fully saturated rings. The van der Waals surface area contributed by atoms with Crippen LogP contribution in [0.4, 0.5) is 5.69 Å². The van der Waals surface area contributed by atoms with Crippen molar-refractivity contribution in [2.24, 2.45) is 12.8 Å². The van der Waals surface area contributed by atoms with E-state index < -0.39 is 0 Å². The van der Waals surface area contributed by atoms with E-state index in [1.165, 1.54) is 4.68 Å². The normalized spacial score (nSPS) is 10.2. The lowest BCUT2D eigenvalue weighted by Gasteiger charge is -2.08. The molecule has 0 aliphatic heterocycles. The molecule has 0 radical (unpaired) electrons. The Morgan fingerprint density at radius 1 is 1.47 bits per heavy atom. The number of carbonyl (C=O) groups excluding carboxylic acids is 1. The molecule has 0 saturated heterocycles. The summed E-state index contributed by atoms with van der Waals surface area (Å²) in [7, 11) is 1.69. The minimum Gasteiger partial charge on any atom is -0.389 e. The van der Waals surface area contributed by atoms with Gasteiger partial charge in [0.15, 0.2) is 0 Å². The van der Waals surface area contributed by atoms with Gasteiger partial charge in [-0.05, 0) is 24.3 Å². The van der Waals surface area contributed by atoms with Crippen LogP contribution in [0.15, 0.2) is 30.5 Å². The van der Waals surface area contributed by atoms with Gasteiger partial charge in [-0.1, -0.05) is 23.8 Å². The Morgan fingerprint density at radius 3 is 2.74 bits per heavy atom. The lowest BCUT2D eigenvalue weighted by atomic mass is 10.2. The highest BCUT2D eigenvalue weighted by Crippen LogP contribution is 2.23. The molecule has 0 bridgehead atoms. The molecule has 0 atom stereocenters. The first-order valence-corrected chi connectivity index (χ1v) is 6.16. The number of nitrogens with two attached hydrogens (primary N) is 1. The molecule has 0 spiro atoms. The van der Waals surface area contributed by atoms with E-state index in [-0.39, 0.29) is 10.9 Å². The van der Waals surface area contributed by atoms with Crippen LogP contribution in [0.5, 0.6) is 0 Å². The number of aryl methyl sites for hydroxylation is 1. The van der Waals surface area contributed by atoms with Crippen molar-refractivity contribution in [3.05, 3.63) is 46.7 Å². The van der Waals surface area contributed by atoms with Crippen LogP contribution in [0.25, 0.3) is 0 Å². The van der Waals surface area contributed by atoms with E-state index in [0.29, 0.717) is 22.0 Å². The maximum absolute atomic E-state index is 12.0. The van der Waals surface area contributed by atoms with E-state index in [9.17, 15) is 4.79 Å². The predicted molar refractivity (Wildman–Crippen MR) is 78.5 cm³/mol. The van der Waals surface area contributed by atoms with E-state index >= 15 is 0 Å². The zero-order valence-corrected chi connectivity index (χ0v) is 11.6. The molecule has 3 N–H and O–H groups in total. The van der Waals surface area contributed by atoms with Crippen molar-refractivity contribution in [3.8, 4) is 0 Å². The summed E-state index contributed by atoms with van der Waals surface area (Å²) in [5.41, 5.74) is 7.09. The summed E-state index contributed by atoms with van der Waals surface area (Å²) in [5, 5.41) is 7.01. The molecule has 19 heavy (non-hydrogen) atoms. The number of benzene rings is 1. The highest BCUT2D eigenvalue weighted by atomic mass is 35.5. The van der Waals surface area contributed by atoms with Gasteiger partial charge in [-0.15, -0.1) is 0 Å². The van der Waals surface area contributed by atoms with Crippen LogP contribution in [0, 0.1) is 0 Å². The van der Waals surface area contributed by atoms with Crippen molar-refractivity contribution < 1.29 is 4.79 Å². The Kier molecular flexibility index (Phi) is 3.82. The van der Waals surface area contributed by atoms with E-state index in [1.54, 1.807) is 37.5 Å². The molecule has 2 rings (SSSR count). The number of amides is 1. The van der Waals surface area contributed by atoms with E-state index in [4.69, 9.17) is 29.6 Å². The highest BCUT2D eigenvalue weighted by Gasteiger charge is 2.12. The fourth-order valence-electron chi connectivity index (χ4n) is 1.55. The van der Waals surface area contributed by atoms with Gasteiger partial charge in [0.1, 0.15) is 10.7 Å². The Hall–Kier alpha value is -1.92. The van der Waals surface area contributed by atoms with Crippen molar-refractivity contribution >= 4 is 40.4 Å². The van der Waals surface area contributed by atoms with Crippen molar-refractivity contribution in [2.45, 2.75) is 0 Å². The third-order valence-corrected chi connectivity index (χ3v) is 3.10. The second-order valence-corrected chi connectivity index (χ2v) is 4.70. The quantitative estimate of drug-likeness (QED) is 0.849. The molecule has 0 saturated carbocycles. The monoisotopic (exact) mass is 294 g/mol. The summed E-state index contributed by atoms with van der Waals surface area (Å²) in [6.07, 6.45) is 1.55. The molecular weight excluding hydrogens is 284 g/mol. The largest absolute Gasteiger partial charge is 0.389 e. The Morgan fingerprint density at radius 2 is 2.21 bits per heavy atom. The van der Waals surface area contributed by atoms with Crippen molar-refractivity contribution in [1.82, 2.24) is 9.78 Å². The molecule has 7 heteroatoms. The van der Waals surface area contributed by atoms with Gasteiger partial charge in [-0.3, -0.25) is 9.48 Å². The zero-order chi connectivity index (χ0) is 14.0. The zero-order valence-electron chi connectivity index (χ0n) is 10.1. The van der Waals surface area contributed by atoms with Crippen LogP contribution in [-0.2, 0) is 7.05 Å². The predicted octanol–water partition coefficient (Wildman–Crippen LogP) is 1.96. The fourth-order valence-corrected chi connectivity index (χ4v) is 1.91. The molecule has 1 aromatic heterocycles. The number of nitrogens with zero attached hydrogens (tertiary/aromatic N) is 2. The summed E-state index contributed by atoms with van der Waals surface area (Å²) in [6.45, 7) is 0. The first-order chi connectivity index (χ1) is 8.99. The van der Waals surface area contributed by atoms with Crippen molar-refractivity contribution in [1.29, 1.82) is 0 Å². The number of hydrogen-bond donors (Lipinski definition) is 2. The Balaban J connectivity index is 2.23. The number of hydrogen-bond acceptors (Lipinski definition) is 3. The second-order valence-electron chi connectivity index (χ2n) is 3.85. The third-order valence-electron chi connectivity index (χ3n) is 2.56. The summed E-state index contributed by atoms with van der Waals surface area (Å²) in [6, 6.07) is 6.59. The molecule has 2 aromatic rings. The number of anilines is 1. The van der Waals surface area contributed by atoms with Crippen LogP contribution < -0.4 is 11.1 Å². The van der Waals surface area contributed by atoms with Gasteiger partial charge in [0.25, 0.3) is 5.91 Å². The molecule has 98 valence electrons. The van der Waals surface area contributed by atoms with E-state index in [0.717, 1.165) is 0 Å². The molecule has 1 aromatic carbocycles. The summed E-state index contributed by atoms with van der Waals surface area (Å²) >= 11 is 10.9. The maximum atomic E-state index is 12.0. The van der Waals surface area contributed by atoms with Gasteiger partial charge in [0.2, 0.25) is 0 Å². The summed E-state index contributed by atoms with van der Waals surface area (Å²) in [5.74, 6) is -0.287. The SMILES string of the molecule is Cn1nccc1C(=O)Nc1ccc(C(N)=S)cc1Cl. The van der Waals surface area contributed by atoms with E-state index in [1.807, 2.05) is 0 Å². The van der Waals surface area contributed by atoms with Gasteiger partial charge < -0.3 is 11.1 Å². The Bertz CT molecular complexity index is 653. The second kappa shape index (κ2) is 5.38.